The normalized spacial score (nSPS) is 10.6. The van der Waals surface area contributed by atoms with Crippen LogP contribution < -0.4 is 15.5 Å². The van der Waals surface area contributed by atoms with Gasteiger partial charge in [-0.1, -0.05) is 44.2 Å². The third kappa shape index (κ3) is 4.98. The van der Waals surface area contributed by atoms with Crippen molar-refractivity contribution in [3.63, 3.8) is 0 Å². The van der Waals surface area contributed by atoms with Gasteiger partial charge < -0.3 is 10.2 Å². The van der Waals surface area contributed by atoms with Crippen LogP contribution in [0.4, 0.5) is 10.5 Å². The first-order valence-electron chi connectivity index (χ1n) is 7.73. The van der Waals surface area contributed by atoms with Crippen molar-refractivity contribution in [3.8, 4) is 0 Å². The molecule has 5 nitrogen and oxygen atoms in total. The minimum Gasteiger partial charge on any atom is -0.365 e. The van der Waals surface area contributed by atoms with Gasteiger partial charge in [-0.3, -0.25) is 10.1 Å². The zero-order valence-corrected chi connectivity index (χ0v) is 13.8. The number of hydrogen-bond acceptors (Lipinski definition) is 3. The molecule has 0 fully saturated rings. The van der Waals surface area contributed by atoms with Gasteiger partial charge in [-0.15, -0.1) is 0 Å². The predicted molar refractivity (Wildman–Crippen MR) is 93.6 cm³/mol. The van der Waals surface area contributed by atoms with Crippen molar-refractivity contribution in [1.29, 1.82) is 0 Å². The number of fused-ring (bicyclic) bond motifs is 1. The molecule has 2 rings (SSSR count). The summed E-state index contributed by atoms with van der Waals surface area (Å²) in [5, 5.41) is 7.28. The summed E-state index contributed by atoms with van der Waals surface area (Å²) in [5.41, 5.74) is 0.932. The molecule has 5 heteroatoms. The van der Waals surface area contributed by atoms with E-state index in [1.807, 2.05) is 68.3 Å². The van der Waals surface area contributed by atoms with E-state index in [9.17, 15) is 9.59 Å². The number of rotatable bonds is 5. The van der Waals surface area contributed by atoms with Gasteiger partial charge in [0.05, 0.1) is 6.54 Å². The zero-order chi connectivity index (χ0) is 16.8. The molecule has 2 aromatic carbocycles. The van der Waals surface area contributed by atoms with Crippen molar-refractivity contribution in [2.75, 3.05) is 25.0 Å². The van der Waals surface area contributed by atoms with Crippen molar-refractivity contribution in [2.24, 2.45) is 5.92 Å². The minimum absolute atomic E-state index is 0.118. The second-order valence-electron chi connectivity index (χ2n) is 6.04. The van der Waals surface area contributed by atoms with Crippen molar-refractivity contribution in [2.45, 2.75) is 13.8 Å². The molecular weight excluding hydrogens is 290 g/mol. The Morgan fingerprint density at radius 2 is 1.78 bits per heavy atom. The fraction of sp³-hybridized carbons (Fsp3) is 0.333. The molecule has 0 aliphatic heterocycles. The maximum Gasteiger partial charge on any atom is 0.321 e. The summed E-state index contributed by atoms with van der Waals surface area (Å²) in [6.45, 7) is 4.65. The molecule has 0 aliphatic carbocycles. The van der Waals surface area contributed by atoms with E-state index in [2.05, 4.69) is 10.6 Å². The van der Waals surface area contributed by atoms with Crippen molar-refractivity contribution in [3.05, 3.63) is 42.5 Å². The molecule has 0 aromatic heterocycles. The lowest BCUT2D eigenvalue weighted by Gasteiger charge is -2.19. The number of carbonyl (C=O) groups excluding carboxylic acids is 2. The first kappa shape index (κ1) is 16.8. The summed E-state index contributed by atoms with van der Waals surface area (Å²) >= 11 is 0. The molecule has 0 saturated carbocycles. The molecule has 0 aliphatic rings. The topological polar surface area (TPSA) is 61.4 Å². The Morgan fingerprint density at radius 1 is 1.09 bits per heavy atom. The van der Waals surface area contributed by atoms with Gasteiger partial charge in [0.1, 0.15) is 0 Å². The summed E-state index contributed by atoms with van der Waals surface area (Å²) in [5.74, 6) is 0.0121. The van der Waals surface area contributed by atoms with Crippen LogP contribution in [0, 0.1) is 5.92 Å². The van der Waals surface area contributed by atoms with Gasteiger partial charge >= 0.3 is 6.03 Å². The van der Waals surface area contributed by atoms with Gasteiger partial charge in [0.15, 0.2) is 0 Å². The lowest BCUT2D eigenvalue weighted by Crippen LogP contribution is -2.44. The van der Waals surface area contributed by atoms with Crippen LogP contribution >= 0.6 is 0 Å². The van der Waals surface area contributed by atoms with Crippen molar-refractivity contribution >= 4 is 28.4 Å². The molecular formula is C18H23N3O2. The molecule has 0 heterocycles. The minimum atomic E-state index is -0.449. The number of nitrogens with zero attached hydrogens (tertiary/aromatic N) is 1. The fourth-order valence-electron chi connectivity index (χ4n) is 2.23. The van der Waals surface area contributed by atoms with Crippen LogP contribution in [-0.2, 0) is 4.79 Å². The number of benzene rings is 2. The SMILES string of the molecule is CC(C)CNC(=O)NC(=O)CN(C)c1ccc2ccccc2c1. The molecule has 0 bridgehead atoms. The van der Waals surface area contributed by atoms with Gasteiger partial charge in [0.2, 0.25) is 5.91 Å². The number of carbonyl (C=O) groups is 2. The smallest absolute Gasteiger partial charge is 0.321 e. The Labute approximate surface area is 136 Å². The van der Waals surface area contributed by atoms with Crippen LogP contribution in [-0.4, -0.2) is 32.1 Å². The Morgan fingerprint density at radius 3 is 2.48 bits per heavy atom. The largest absolute Gasteiger partial charge is 0.365 e. The van der Waals surface area contributed by atoms with E-state index in [0.29, 0.717) is 12.5 Å². The summed E-state index contributed by atoms with van der Waals surface area (Å²) in [6, 6.07) is 13.6. The van der Waals surface area contributed by atoms with Gasteiger partial charge in [0, 0.05) is 19.3 Å². The van der Waals surface area contributed by atoms with Crippen LogP contribution in [0.3, 0.4) is 0 Å². The van der Waals surface area contributed by atoms with Gasteiger partial charge in [-0.05, 0) is 28.8 Å². The van der Waals surface area contributed by atoms with E-state index >= 15 is 0 Å². The van der Waals surface area contributed by atoms with Crippen molar-refractivity contribution < 1.29 is 9.59 Å². The van der Waals surface area contributed by atoms with E-state index < -0.39 is 6.03 Å². The van der Waals surface area contributed by atoms with Crippen LogP contribution in [0.25, 0.3) is 10.8 Å². The number of imide groups is 1. The third-order valence-corrected chi connectivity index (χ3v) is 3.48. The number of amides is 3. The number of urea groups is 1. The first-order chi connectivity index (χ1) is 11.0. The highest BCUT2D eigenvalue weighted by atomic mass is 16.2. The van der Waals surface area contributed by atoms with Crippen molar-refractivity contribution in [1.82, 2.24) is 10.6 Å². The second-order valence-corrected chi connectivity index (χ2v) is 6.04. The van der Waals surface area contributed by atoms with Gasteiger partial charge in [-0.2, -0.15) is 0 Å². The molecule has 2 aromatic rings. The lowest BCUT2D eigenvalue weighted by molar-refractivity contribution is -0.118. The summed E-state index contributed by atoms with van der Waals surface area (Å²) < 4.78 is 0. The highest BCUT2D eigenvalue weighted by molar-refractivity contribution is 5.96. The van der Waals surface area contributed by atoms with E-state index in [-0.39, 0.29) is 12.5 Å². The van der Waals surface area contributed by atoms with Crippen LogP contribution in [0.2, 0.25) is 0 Å². The molecule has 0 unspecified atom stereocenters. The Kier molecular flexibility index (Phi) is 5.57. The van der Waals surface area contributed by atoms with Crippen LogP contribution in [0.5, 0.6) is 0 Å². The van der Waals surface area contributed by atoms with E-state index in [1.165, 1.54) is 0 Å². The summed E-state index contributed by atoms with van der Waals surface area (Å²) in [4.78, 5) is 25.3. The van der Waals surface area contributed by atoms with Gasteiger partial charge in [0.25, 0.3) is 0 Å². The summed E-state index contributed by atoms with van der Waals surface area (Å²) in [6.07, 6.45) is 0. The average Bonchev–Trinajstić information content (AvgIpc) is 2.52. The van der Waals surface area contributed by atoms with Gasteiger partial charge in [-0.25, -0.2) is 4.79 Å². The molecule has 0 spiro atoms. The standard InChI is InChI=1S/C18H23N3O2/c1-13(2)11-19-18(23)20-17(22)12-21(3)16-9-8-14-6-4-5-7-15(14)10-16/h4-10,13H,11-12H2,1-3H3,(H2,19,20,22,23). The molecule has 3 amide bonds. The maximum absolute atomic E-state index is 11.9. The maximum atomic E-state index is 11.9. The van der Waals surface area contributed by atoms with Crippen LogP contribution in [0.1, 0.15) is 13.8 Å². The molecule has 0 atom stereocenters. The highest BCUT2D eigenvalue weighted by Gasteiger charge is 2.11. The number of hydrogen-bond donors (Lipinski definition) is 2. The second kappa shape index (κ2) is 7.63. The average molecular weight is 313 g/mol. The third-order valence-electron chi connectivity index (χ3n) is 3.48. The Hall–Kier alpha value is -2.56. The van der Waals surface area contributed by atoms with Crippen LogP contribution in [0.15, 0.2) is 42.5 Å². The molecule has 0 saturated heterocycles. The lowest BCUT2D eigenvalue weighted by atomic mass is 10.1. The molecule has 23 heavy (non-hydrogen) atoms. The van der Waals surface area contributed by atoms with E-state index in [4.69, 9.17) is 0 Å². The molecule has 2 N–H and O–H groups in total. The fourth-order valence-corrected chi connectivity index (χ4v) is 2.23. The highest BCUT2D eigenvalue weighted by Crippen LogP contribution is 2.20. The Bertz CT molecular complexity index is 697. The first-order valence-corrected chi connectivity index (χ1v) is 7.73. The van der Waals surface area contributed by atoms with E-state index in [0.717, 1.165) is 16.5 Å². The quantitative estimate of drug-likeness (QED) is 0.892. The number of anilines is 1. The molecule has 122 valence electrons. The van der Waals surface area contributed by atoms with E-state index in [1.54, 1.807) is 0 Å². The monoisotopic (exact) mass is 313 g/mol. The number of likely N-dealkylation sites (N-methyl/N-ethyl adjacent to an activating group) is 1. The Balaban J connectivity index is 1.93. The molecule has 0 radical (unpaired) electrons. The summed E-state index contributed by atoms with van der Waals surface area (Å²) in [7, 11) is 1.83. The zero-order valence-electron chi connectivity index (χ0n) is 13.8. The number of nitrogens with one attached hydrogen (secondary N) is 2. The predicted octanol–water partition coefficient (Wildman–Crippen LogP) is 2.76.